The second kappa shape index (κ2) is 7.49. The Morgan fingerprint density at radius 2 is 1.74 bits per heavy atom. The minimum Gasteiger partial charge on any atom is -0.325 e. The number of carbonyl (C=O) groups excluding carboxylic acids is 2. The maximum atomic E-state index is 12.2. The molecule has 0 aliphatic carbocycles. The third kappa shape index (κ3) is 4.47. The Kier molecular flexibility index (Phi) is 5.64. The number of rotatable bonds is 4. The molecule has 120 valence electrons. The lowest BCUT2D eigenvalue weighted by Crippen LogP contribution is -2.37. The Morgan fingerprint density at radius 3 is 2.35 bits per heavy atom. The molecular weight excluding hydrogens is 335 g/mol. The Balaban J connectivity index is 2.16. The van der Waals surface area contributed by atoms with Gasteiger partial charge in [-0.05, 0) is 48.9 Å². The van der Waals surface area contributed by atoms with Gasteiger partial charge in [0.25, 0.3) is 0 Å². The highest BCUT2D eigenvalue weighted by atomic mass is 35.5. The van der Waals surface area contributed by atoms with Crippen LogP contribution < -0.4 is 10.2 Å². The molecule has 0 spiro atoms. The number of hydrogen-bond acceptors (Lipinski definition) is 2. The summed E-state index contributed by atoms with van der Waals surface area (Å²) in [4.78, 5) is 25.5. The molecule has 0 unspecified atom stereocenters. The predicted molar refractivity (Wildman–Crippen MR) is 94.3 cm³/mol. The summed E-state index contributed by atoms with van der Waals surface area (Å²) in [5.41, 5.74) is 1.99. The van der Waals surface area contributed by atoms with Crippen molar-refractivity contribution in [2.24, 2.45) is 0 Å². The average molecular weight is 351 g/mol. The smallest absolute Gasteiger partial charge is 0.244 e. The molecule has 0 fully saturated rings. The lowest BCUT2D eigenvalue weighted by Gasteiger charge is -2.23. The molecule has 0 aromatic heterocycles. The molecule has 0 bridgehead atoms. The monoisotopic (exact) mass is 350 g/mol. The van der Waals surface area contributed by atoms with Crippen molar-refractivity contribution in [2.75, 3.05) is 16.8 Å². The molecular formula is C17H16Cl2N2O2. The fraction of sp³-hybridized carbons (Fsp3) is 0.176. The zero-order valence-electron chi connectivity index (χ0n) is 12.8. The van der Waals surface area contributed by atoms with Gasteiger partial charge in [0.05, 0.1) is 0 Å². The van der Waals surface area contributed by atoms with Crippen molar-refractivity contribution in [2.45, 2.75) is 13.8 Å². The van der Waals surface area contributed by atoms with Gasteiger partial charge in [0.2, 0.25) is 11.8 Å². The van der Waals surface area contributed by atoms with Crippen molar-refractivity contribution < 1.29 is 9.59 Å². The second-order valence-corrected chi connectivity index (χ2v) is 5.89. The molecule has 2 rings (SSSR count). The zero-order chi connectivity index (χ0) is 17.0. The lowest BCUT2D eigenvalue weighted by molar-refractivity contribution is -0.120. The largest absolute Gasteiger partial charge is 0.325 e. The van der Waals surface area contributed by atoms with Crippen molar-refractivity contribution in [1.82, 2.24) is 0 Å². The van der Waals surface area contributed by atoms with Gasteiger partial charge in [-0.25, -0.2) is 0 Å². The Bertz CT molecular complexity index is 730. The van der Waals surface area contributed by atoms with Crippen LogP contribution in [0.15, 0.2) is 42.5 Å². The fourth-order valence-corrected chi connectivity index (χ4v) is 2.43. The topological polar surface area (TPSA) is 49.4 Å². The minimum absolute atomic E-state index is 0.0981. The van der Waals surface area contributed by atoms with Crippen LogP contribution in [0.2, 0.25) is 10.0 Å². The van der Waals surface area contributed by atoms with E-state index in [-0.39, 0.29) is 18.4 Å². The molecule has 2 aromatic rings. The lowest BCUT2D eigenvalue weighted by atomic mass is 10.1. The number of amides is 2. The highest BCUT2D eigenvalue weighted by Gasteiger charge is 2.18. The van der Waals surface area contributed by atoms with E-state index >= 15 is 0 Å². The molecule has 0 aliphatic heterocycles. The van der Waals surface area contributed by atoms with Crippen LogP contribution in [0.25, 0.3) is 0 Å². The number of carbonyl (C=O) groups is 2. The molecule has 2 aromatic carbocycles. The molecule has 0 radical (unpaired) electrons. The molecule has 0 atom stereocenters. The highest BCUT2D eigenvalue weighted by molar-refractivity contribution is 6.32. The molecule has 1 N–H and O–H groups in total. The van der Waals surface area contributed by atoms with E-state index in [1.165, 1.54) is 11.8 Å². The third-order valence-electron chi connectivity index (χ3n) is 3.34. The summed E-state index contributed by atoms with van der Waals surface area (Å²) < 4.78 is 0. The average Bonchev–Trinajstić information content (AvgIpc) is 2.50. The first-order valence-electron chi connectivity index (χ1n) is 6.97. The normalized spacial score (nSPS) is 10.3. The number of nitrogens with zero attached hydrogens (tertiary/aromatic N) is 1. The second-order valence-electron chi connectivity index (χ2n) is 5.04. The minimum atomic E-state index is -0.304. The zero-order valence-corrected chi connectivity index (χ0v) is 14.3. The summed E-state index contributed by atoms with van der Waals surface area (Å²) >= 11 is 11.9. The van der Waals surface area contributed by atoms with Crippen LogP contribution in [0.4, 0.5) is 11.4 Å². The number of hydrogen-bond donors (Lipinski definition) is 1. The van der Waals surface area contributed by atoms with Crippen LogP contribution in [0, 0.1) is 6.92 Å². The molecule has 0 aliphatic rings. The van der Waals surface area contributed by atoms with Crippen molar-refractivity contribution in [3.8, 4) is 0 Å². The van der Waals surface area contributed by atoms with E-state index in [1.54, 1.807) is 42.5 Å². The van der Waals surface area contributed by atoms with E-state index in [9.17, 15) is 9.59 Å². The van der Waals surface area contributed by atoms with Gasteiger partial charge in [0.15, 0.2) is 0 Å². The SMILES string of the molecule is CC(=O)N(CC(=O)Nc1ccc(Cl)cc1)c1cccc(Cl)c1C. The van der Waals surface area contributed by atoms with Gasteiger partial charge in [0, 0.05) is 28.3 Å². The van der Waals surface area contributed by atoms with Gasteiger partial charge in [-0.1, -0.05) is 29.3 Å². The number of halogens is 2. The van der Waals surface area contributed by atoms with Crippen LogP contribution >= 0.6 is 23.2 Å². The highest BCUT2D eigenvalue weighted by Crippen LogP contribution is 2.26. The summed E-state index contributed by atoms with van der Waals surface area (Å²) in [6, 6.07) is 12.0. The summed E-state index contributed by atoms with van der Waals surface area (Å²) in [6.45, 7) is 3.12. The van der Waals surface area contributed by atoms with E-state index in [0.717, 1.165) is 5.56 Å². The maximum Gasteiger partial charge on any atom is 0.244 e. The van der Waals surface area contributed by atoms with E-state index in [1.807, 2.05) is 6.92 Å². The standard InChI is InChI=1S/C17H16Cl2N2O2/c1-11-15(19)4-3-5-16(11)21(12(2)22)10-17(23)20-14-8-6-13(18)7-9-14/h3-9H,10H2,1-2H3,(H,20,23). The van der Waals surface area contributed by atoms with Gasteiger partial charge in [0.1, 0.15) is 6.54 Å². The first kappa shape index (κ1) is 17.3. The predicted octanol–water partition coefficient (Wildman–Crippen LogP) is 4.29. The van der Waals surface area contributed by atoms with Gasteiger partial charge in [-0.3, -0.25) is 9.59 Å². The summed E-state index contributed by atoms with van der Waals surface area (Å²) in [7, 11) is 0. The Hall–Kier alpha value is -2.04. The molecule has 23 heavy (non-hydrogen) atoms. The number of nitrogens with one attached hydrogen (secondary N) is 1. The van der Waals surface area contributed by atoms with Crippen LogP contribution in [-0.2, 0) is 9.59 Å². The van der Waals surface area contributed by atoms with Crippen molar-refractivity contribution >= 4 is 46.4 Å². The first-order valence-corrected chi connectivity index (χ1v) is 7.72. The van der Waals surface area contributed by atoms with E-state index < -0.39 is 0 Å². The van der Waals surface area contributed by atoms with Gasteiger partial charge >= 0.3 is 0 Å². The fourth-order valence-electron chi connectivity index (χ4n) is 2.13. The van der Waals surface area contributed by atoms with Crippen LogP contribution in [0.3, 0.4) is 0 Å². The van der Waals surface area contributed by atoms with E-state index in [2.05, 4.69) is 5.32 Å². The molecule has 4 nitrogen and oxygen atoms in total. The summed E-state index contributed by atoms with van der Waals surface area (Å²) in [6.07, 6.45) is 0. The third-order valence-corrected chi connectivity index (χ3v) is 4.00. The van der Waals surface area contributed by atoms with Gasteiger partial charge < -0.3 is 10.2 Å². The van der Waals surface area contributed by atoms with E-state index in [4.69, 9.17) is 23.2 Å². The first-order chi connectivity index (χ1) is 10.9. The summed E-state index contributed by atoms with van der Waals surface area (Å²) in [5.74, 6) is -0.538. The number of anilines is 2. The Morgan fingerprint density at radius 1 is 1.09 bits per heavy atom. The molecule has 0 saturated carbocycles. The molecule has 0 saturated heterocycles. The van der Waals surface area contributed by atoms with Gasteiger partial charge in [-0.15, -0.1) is 0 Å². The van der Waals surface area contributed by atoms with Crippen molar-refractivity contribution in [3.63, 3.8) is 0 Å². The van der Waals surface area contributed by atoms with Crippen LogP contribution in [0.1, 0.15) is 12.5 Å². The molecule has 2 amide bonds. The van der Waals surface area contributed by atoms with Crippen LogP contribution in [0.5, 0.6) is 0 Å². The molecule has 6 heteroatoms. The quantitative estimate of drug-likeness (QED) is 0.893. The van der Waals surface area contributed by atoms with Crippen molar-refractivity contribution in [3.05, 3.63) is 58.1 Å². The maximum absolute atomic E-state index is 12.2. The van der Waals surface area contributed by atoms with Crippen molar-refractivity contribution in [1.29, 1.82) is 0 Å². The summed E-state index contributed by atoms with van der Waals surface area (Å²) in [5, 5.41) is 3.87. The number of benzene rings is 2. The molecule has 0 heterocycles. The van der Waals surface area contributed by atoms with E-state index in [0.29, 0.717) is 21.4 Å². The van der Waals surface area contributed by atoms with Gasteiger partial charge in [-0.2, -0.15) is 0 Å². The van der Waals surface area contributed by atoms with Crippen LogP contribution in [-0.4, -0.2) is 18.4 Å². The Labute approximate surface area is 145 Å².